The van der Waals surface area contributed by atoms with Crippen LogP contribution >= 0.6 is 0 Å². The molecule has 0 radical (unpaired) electrons. The van der Waals surface area contributed by atoms with Crippen molar-refractivity contribution in [2.24, 2.45) is 5.92 Å². The molecule has 0 aromatic carbocycles. The second-order valence-electron chi connectivity index (χ2n) is 9.46. The second kappa shape index (κ2) is 8.94. The van der Waals surface area contributed by atoms with Crippen LogP contribution in [0.4, 0.5) is 19.0 Å². The van der Waals surface area contributed by atoms with Crippen molar-refractivity contribution in [2.45, 2.75) is 51.4 Å². The normalized spacial score (nSPS) is 21.7. The van der Waals surface area contributed by atoms with E-state index in [0.29, 0.717) is 35.2 Å². The van der Waals surface area contributed by atoms with Crippen LogP contribution in [0.5, 0.6) is 0 Å². The summed E-state index contributed by atoms with van der Waals surface area (Å²) >= 11 is 0. The molecule has 3 aliphatic rings. The fourth-order valence-corrected chi connectivity index (χ4v) is 5.23. The van der Waals surface area contributed by atoms with Gasteiger partial charge in [-0.3, -0.25) is 14.8 Å². The quantitative estimate of drug-likeness (QED) is 0.549. The number of pyridine rings is 3. The van der Waals surface area contributed by atoms with Gasteiger partial charge in [-0.05, 0) is 74.4 Å². The van der Waals surface area contributed by atoms with Crippen LogP contribution in [-0.4, -0.2) is 44.4 Å². The number of halogens is 3. The number of hydrogen-bond acceptors (Lipinski definition) is 5. The number of fused-ring (bicyclic) bond motifs is 3. The molecular formula is C26H26F3N5O. The molecule has 1 amide bonds. The van der Waals surface area contributed by atoms with Crippen molar-refractivity contribution in [1.29, 1.82) is 0 Å². The number of hydrogen-bond donors (Lipinski definition) is 1. The third kappa shape index (κ3) is 4.59. The number of carbonyl (C=O) groups excluding carboxylic acids is 1. The predicted molar refractivity (Wildman–Crippen MR) is 126 cm³/mol. The highest BCUT2D eigenvalue weighted by Crippen LogP contribution is 2.38. The Hall–Kier alpha value is -3.49. The van der Waals surface area contributed by atoms with Gasteiger partial charge in [0.05, 0.1) is 22.9 Å². The number of anilines is 1. The van der Waals surface area contributed by atoms with Crippen LogP contribution in [0.3, 0.4) is 0 Å². The van der Waals surface area contributed by atoms with Crippen molar-refractivity contribution in [1.82, 2.24) is 19.9 Å². The van der Waals surface area contributed by atoms with E-state index < -0.39 is 11.7 Å². The average molecular weight is 482 g/mol. The Morgan fingerprint density at radius 3 is 2.57 bits per heavy atom. The summed E-state index contributed by atoms with van der Waals surface area (Å²) < 4.78 is 38.7. The Labute approximate surface area is 201 Å². The zero-order chi connectivity index (χ0) is 24.7. The SMILES string of the molecule is Cc1cnc(-c2ncccc2C)c(C(=O)N2CC3CCC2C(Nc2ccc(C(F)(F)F)cn2)C3)c1. The number of nitrogens with zero attached hydrogens (tertiary/aromatic N) is 4. The van der Waals surface area contributed by atoms with E-state index in [1.807, 2.05) is 36.9 Å². The molecule has 3 atom stereocenters. The maximum Gasteiger partial charge on any atom is 0.417 e. The summed E-state index contributed by atoms with van der Waals surface area (Å²) in [7, 11) is 0. The summed E-state index contributed by atoms with van der Waals surface area (Å²) in [5.74, 6) is 0.599. The zero-order valence-corrected chi connectivity index (χ0v) is 19.5. The molecule has 3 aromatic heterocycles. The highest BCUT2D eigenvalue weighted by Gasteiger charge is 2.44. The minimum atomic E-state index is -4.43. The molecule has 2 aliphatic heterocycles. The van der Waals surface area contributed by atoms with Gasteiger partial charge in [0.15, 0.2) is 0 Å². The summed E-state index contributed by atoms with van der Waals surface area (Å²) in [6, 6.07) is 7.86. The standard InChI is InChI=1S/C26H26F3N5O/c1-15-10-19(24(32-12-15)23-16(2)4-3-9-30-23)25(35)34-14-17-5-7-21(34)20(11-17)33-22-8-6-18(13-31-22)26(27,28)29/h3-4,6,8-10,12-13,17,20-21H,5,7,11,14H2,1-2H3,(H,31,33). The van der Waals surface area contributed by atoms with Crippen molar-refractivity contribution in [2.75, 3.05) is 11.9 Å². The lowest BCUT2D eigenvalue weighted by molar-refractivity contribution is -0.137. The molecular weight excluding hydrogens is 455 g/mol. The van der Waals surface area contributed by atoms with Gasteiger partial charge in [0.25, 0.3) is 5.91 Å². The lowest BCUT2D eigenvalue weighted by Crippen LogP contribution is -2.59. The van der Waals surface area contributed by atoms with Crippen molar-refractivity contribution < 1.29 is 18.0 Å². The molecule has 3 unspecified atom stereocenters. The fraction of sp³-hybridized carbons (Fsp3) is 0.385. The van der Waals surface area contributed by atoms with Gasteiger partial charge in [0.2, 0.25) is 0 Å². The number of rotatable bonds is 4. The third-order valence-corrected chi connectivity index (χ3v) is 6.95. The Balaban J connectivity index is 1.42. The fourth-order valence-electron chi connectivity index (χ4n) is 5.23. The topological polar surface area (TPSA) is 71.0 Å². The number of amides is 1. The molecule has 2 saturated heterocycles. The number of aromatic nitrogens is 3. The van der Waals surface area contributed by atoms with E-state index in [1.54, 1.807) is 12.4 Å². The van der Waals surface area contributed by atoms with Gasteiger partial charge in [0, 0.05) is 31.2 Å². The molecule has 2 bridgehead atoms. The molecule has 35 heavy (non-hydrogen) atoms. The molecule has 0 spiro atoms. The summed E-state index contributed by atoms with van der Waals surface area (Å²) in [4.78, 5) is 28.8. The first-order valence-electron chi connectivity index (χ1n) is 11.7. The highest BCUT2D eigenvalue weighted by atomic mass is 19.4. The average Bonchev–Trinajstić information content (AvgIpc) is 2.84. The van der Waals surface area contributed by atoms with E-state index in [9.17, 15) is 18.0 Å². The van der Waals surface area contributed by atoms with Crippen LogP contribution in [0.15, 0.2) is 48.9 Å². The predicted octanol–water partition coefficient (Wildman–Crippen LogP) is 5.28. The minimum absolute atomic E-state index is 0.0882. The van der Waals surface area contributed by atoms with Crippen LogP contribution in [0.25, 0.3) is 11.4 Å². The molecule has 3 fully saturated rings. The van der Waals surface area contributed by atoms with Crippen molar-refractivity contribution in [3.05, 3.63) is 71.2 Å². The Kier molecular flexibility index (Phi) is 5.94. The van der Waals surface area contributed by atoms with E-state index in [1.165, 1.54) is 6.07 Å². The number of nitrogens with one attached hydrogen (secondary N) is 1. The molecule has 6 nitrogen and oxygen atoms in total. The molecule has 1 N–H and O–H groups in total. The smallest absolute Gasteiger partial charge is 0.365 e. The van der Waals surface area contributed by atoms with Crippen LogP contribution in [0, 0.1) is 19.8 Å². The molecule has 1 saturated carbocycles. The molecule has 182 valence electrons. The van der Waals surface area contributed by atoms with Gasteiger partial charge in [-0.15, -0.1) is 0 Å². The highest BCUT2D eigenvalue weighted by molar-refractivity contribution is 6.00. The Morgan fingerprint density at radius 2 is 1.89 bits per heavy atom. The first kappa shape index (κ1) is 23.3. The Morgan fingerprint density at radius 1 is 1.06 bits per heavy atom. The minimum Gasteiger partial charge on any atom is -0.365 e. The van der Waals surface area contributed by atoms with Crippen LogP contribution in [0.2, 0.25) is 0 Å². The van der Waals surface area contributed by atoms with Crippen molar-refractivity contribution in [3.63, 3.8) is 0 Å². The van der Waals surface area contributed by atoms with Crippen LogP contribution in [0.1, 0.15) is 46.3 Å². The largest absolute Gasteiger partial charge is 0.417 e. The zero-order valence-electron chi connectivity index (χ0n) is 19.5. The molecule has 5 heterocycles. The number of carbonyl (C=O) groups is 1. The van der Waals surface area contributed by atoms with Crippen molar-refractivity contribution >= 4 is 11.7 Å². The second-order valence-corrected chi connectivity index (χ2v) is 9.46. The number of aryl methyl sites for hydroxylation is 2. The first-order chi connectivity index (χ1) is 16.7. The van der Waals surface area contributed by atoms with E-state index in [2.05, 4.69) is 20.3 Å². The summed E-state index contributed by atoms with van der Waals surface area (Å²) in [5.41, 5.74) is 2.80. The van der Waals surface area contributed by atoms with Gasteiger partial charge >= 0.3 is 6.18 Å². The van der Waals surface area contributed by atoms with Gasteiger partial charge < -0.3 is 10.2 Å². The number of alkyl halides is 3. The summed E-state index contributed by atoms with van der Waals surface area (Å²) in [5, 5.41) is 3.29. The monoisotopic (exact) mass is 481 g/mol. The maximum absolute atomic E-state index is 13.9. The van der Waals surface area contributed by atoms with Crippen LogP contribution < -0.4 is 5.32 Å². The van der Waals surface area contributed by atoms with E-state index in [-0.39, 0.29) is 18.0 Å². The summed E-state index contributed by atoms with van der Waals surface area (Å²) in [6.07, 6.45) is 2.53. The molecule has 6 rings (SSSR count). The first-order valence-corrected chi connectivity index (χ1v) is 11.7. The number of piperidine rings is 2. The van der Waals surface area contributed by atoms with Gasteiger partial charge in [0.1, 0.15) is 11.5 Å². The summed E-state index contributed by atoms with van der Waals surface area (Å²) in [6.45, 7) is 4.50. The van der Waals surface area contributed by atoms with E-state index in [0.717, 1.165) is 42.7 Å². The van der Waals surface area contributed by atoms with Crippen LogP contribution in [-0.2, 0) is 6.18 Å². The maximum atomic E-state index is 13.9. The van der Waals surface area contributed by atoms with Gasteiger partial charge in [-0.25, -0.2) is 4.98 Å². The van der Waals surface area contributed by atoms with Gasteiger partial charge in [-0.1, -0.05) is 6.07 Å². The lowest BCUT2D eigenvalue weighted by atomic mass is 9.76. The molecule has 9 heteroatoms. The van der Waals surface area contributed by atoms with E-state index >= 15 is 0 Å². The van der Waals surface area contributed by atoms with Crippen molar-refractivity contribution in [3.8, 4) is 11.4 Å². The third-order valence-electron chi connectivity index (χ3n) is 6.95. The van der Waals surface area contributed by atoms with Gasteiger partial charge in [-0.2, -0.15) is 13.2 Å². The van der Waals surface area contributed by atoms with E-state index in [4.69, 9.17) is 0 Å². The lowest BCUT2D eigenvalue weighted by Gasteiger charge is -2.50. The Bertz CT molecular complexity index is 1240. The molecule has 3 aromatic rings. The molecule has 1 aliphatic carbocycles.